The first-order valence-electron chi connectivity index (χ1n) is 10.4. The third kappa shape index (κ3) is 4.32. The van der Waals surface area contributed by atoms with Crippen LogP contribution >= 0.6 is 0 Å². The van der Waals surface area contributed by atoms with Gasteiger partial charge in [0.1, 0.15) is 11.3 Å². The average molecular weight is 448 g/mol. The Hall–Kier alpha value is -4.07. The number of benzene rings is 2. The zero-order valence-corrected chi connectivity index (χ0v) is 18.6. The van der Waals surface area contributed by atoms with Crippen molar-refractivity contribution in [2.45, 2.75) is 18.8 Å². The molecule has 0 spiro atoms. The SMILES string of the molecule is COc1ccccc1NC(=O)c1cc2c([nH]c1=O)C[C@@H](c1ccc(OC)c(OC)c1)CC2=O. The number of para-hydroxylation sites is 2. The molecule has 170 valence electrons. The van der Waals surface area contributed by atoms with Crippen molar-refractivity contribution in [2.75, 3.05) is 26.6 Å². The summed E-state index contributed by atoms with van der Waals surface area (Å²) in [6.45, 7) is 0. The molecule has 0 radical (unpaired) electrons. The van der Waals surface area contributed by atoms with E-state index in [-0.39, 0.29) is 23.7 Å². The molecule has 0 saturated heterocycles. The van der Waals surface area contributed by atoms with Gasteiger partial charge in [-0.25, -0.2) is 0 Å². The van der Waals surface area contributed by atoms with Gasteiger partial charge in [0.25, 0.3) is 11.5 Å². The molecule has 3 aromatic rings. The van der Waals surface area contributed by atoms with E-state index in [0.29, 0.717) is 40.6 Å². The summed E-state index contributed by atoms with van der Waals surface area (Å²) < 4.78 is 15.9. The van der Waals surface area contributed by atoms with E-state index in [1.54, 1.807) is 44.6 Å². The number of rotatable bonds is 6. The van der Waals surface area contributed by atoms with Crippen LogP contribution in [0.3, 0.4) is 0 Å². The van der Waals surface area contributed by atoms with Gasteiger partial charge < -0.3 is 24.5 Å². The second-order valence-electron chi connectivity index (χ2n) is 7.70. The van der Waals surface area contributed by atoms with Crippen LogP contribution in [0.4, 0.5) is 5.69 Å². The van der Waals surface area contributed by atoms with E-state index in [0.717, 1.165) is 5.56 Å². The molecule has 8 heteroatoms. The van der Waals surface area contributed by atoms with E-state index in [9.17, 15) is 14.4 Å². The molecule has 0 aliphatic heterocycles. The molecule has 1 aromatic heterocycles. The van der Waals surface area contributed by atoms with Crippen LogP contribution in [-0.2, 0) is 6.42 Å². The van der Waals surface area contributed by atoms with Crippen LogP contribution in [0, 0.1) is 0 Å². The van der Waals surface area contributed by atoms with Gasteiger partial charge in [-0.3, -0.25) is 14.4 Å². The van der Waals surface area contributed by atoms with Crippen molar-refractivity contribution in [3.63, 3.8) is 0 Å². The lowest BCUT2D eigenvalue weighted by Crippen LogP contribution is -2.29. The minimum atomic E-state index is -0.613. The van der Waals surface area contributed by atoms with Crippen molar-refractivity contribution in [2.24, 2.45) is 0 Å². The third-order valence-corrected chi connectivity index (χ3v) is 5.78. The van der Waals surface area contributed by atoms with Gasteiger partial charge in [-0.2, -0.15) is 0 Å². The van der Waals surface area contributed by atoms with Gasteiger partial charge in [0.05, 0.1) is 27.0 Å². The lowest BCUT2D eigenvalue weighted by atomic mass is 9.81. The molecule has 2 aromatic carbocycles. The standard InChI is InChI=1S/C25H24N2O6/c1-31-21-7-5-4-6-18(21)26-24(29)17-13-16-19(27-25(17)30)10-15(11-20(16)28)14-8-9-22(32-2)23(12-14)33-3/h4-9,12-13,15H,10-11H2,1-3H3,(H,26,29)(H,27,30)/t15-/m1/s1. The van der Waals surface area contributed by atoms with Crippen molar-refractivity contribution in [3.05, 3.63) is 81.3 Å². The van der Waals surface area contributed by atoms with Crippen molar-refractivity contribution in [1.82, 2.24) is 4.98 Å². The average Bonchev–Trinajstić information content (AvgIpc) is 2.83. The second-order valence-corrected chi connectivity index (χ2v) is 7.70. The van der Waals surface area contributed by atoms with Crippen LogP contribution in [-0.4, -0.2) is 38.0 Å². The maximum Gasteiger partial charge on any atom is 0.261 e. The van der Waals surface area contributed by atoms with E-state index in [1.807, 2.05) is 12.1 Å². The molecule has 2 N–H and O–H groups in total. The number of methoxy groups -OCH3 is 3. The van der Waals surface area contributed by atoms with E-state index < -0.39 is 11.5 Å². The van der Waals surface area contributed by atoms with Gasteiger partial charge in [0, 0.05) is 17.7 Å². The van der Waals surface area contributed by atoms with Gasteiger partial charge in [0.15, 0.2) is 17.3 Å². The Morgan fingerprint density at radius 3 is 2.36 bits per heavy atom. The number of fused-ring (bicyclic) bond motifs is 1. The smallest absolute Gasteiger partial charge is 0.261 e. The number of ether oxygens (including phenoxy) is 3. The van der Waals surface area contributed by atoms with Gasteiger partial charge in [-0.15, -0.1) is 0 Å². The Morgan fingerprint density at radius 1 is 0.909 bits per heavy atom. The summed E-state index contributed by atoms with van der Waals surface area (Å²) in [5.74, 6) is 0.757. The number of hydrogen-bond donors (Lipinski definition) is 2. The van der Waals surface area contributed by atoms with Gasteiger partial charge >= 0.3 is 0 Å². The summed E-state index contributed by atoms with van der Waals surface area (Å²) in [5.41, 5.74) is 1.54. The third-order valence-electron chi connectivity index (χ3n) is 5.78. The van der Waals surface area contributed by atoms with Gasteiger partial charge in [-0.1, -0.05) is 18.2 Å². The van der Waals surface area contributed by atoms with Crippen molar-refractivity contribution in [1.29, 1.82) is 0 Å². The largest absolute Gasteiger partial charge is 0.495 e. The second kappa shape index (κ2) is 9.20. The Kier molecular flexibility index (Phi) is 6.17. The predicted molar refractivity (Wildman–Crippen MR) is 123 cm³/mol. The number of amides is 1. The van der Waals surface area contributed by atoms with Crippen molar-refractivity contribution in [3.8, 4) is 17.2 Å². The number of H-pyrrole nitrogens is 1. The number of carbonyl (C=O) groups excluding carboxylic acids is 2. The van der Waals surface area contributed by atoms with Crippen LogP contribution in [0.25, 0.3) is 0 Å². The predicted octanol–water partition coefficient (Wildman–Crippen LogP) is 3.57. The number of anilines is 1. The molecule has 33 heavy (non-hydrogen) atoms. The fourth-order valence-corrected chi connectivity index (χ4v) is 4.08. The first kappa shape index (κ1) is 22.1. The van der Waals surface area contributed by atoms with Gasteiger partial charge in [0.2, 0.25) is 0 Å². The molecular weight excluding hydrogens is 424 g/mol. The first-order chi connectivity index (χ1) is 15.9. The van der Waals surface area contributed by atoms with Crippen molar-refractivity contribution < 1.29 is 23.8 Å². The van der Waals surface area contributed by atoms with Crippen molar-refractivity contribution >= 4 is 17.4 Å². The fraction of sp³-hybridized carbons (Fsp3) is 0.240. The summed E-state index contributed by atoms with van der Waals surface area (Å²) >= 11 is 0. The van der Waals surface area contributed by atoms with Crippen LogP contribution in [0.15, 0.2) is 53.3 Å². The van der Waals surface area contributed by atoms with Gasteiger partial charge in [-0.05, 0) is 48.2 Å². The number of pyridine rings is 1. The minimum Gasteiger partial charge on any atom is -0.495 e. The maximum absolute atomic E-state index is 13.0. The molecule has 4 rings (SSSR count). The highest BCUT2D eigenvalue weighted by molar-refractivity contribution is 6.07. The molecule has 0 fully saturated rings. The number of nitrogens with one attached hydrogen (secondary N) is 2. The van der Waals surface area contributed by atoms with Crippen LogP contribution in [0.1, 0.15) is 44.3 Å². The Morgan fingerprint density at radius 2 is 1.64 bits per heavy atom. The molecule has 1 amide bonds. The van der Waals surface area contributed by atoms with Crippen LogP contribution in [0.5, 0.6) is 17.2 Å². The van der Waals surface area contributed by atoms with E-state index >= 15 is 0 Å². The molecule has 8 nitrogen and oxygen atoms in total. The maximum atomic E-state index is 13.0. The summed E-state index contributed by atoms with van der Waals surface area (Å²) in [7, 11) is 4.60. The Bertz CT molecular complexity index is 1280. The summed E-state index contributed by atoms with van der Waals surface area (Å²) in [5, 5.41) is 2.68. The summed E-state index contributed by atoms with van der Waals surface area (Å²) in [6.07, 6.45) is 0.711. The normalized spacial score (nSPS) is 14.9. The Labute approximate surface area is 190 Å². The molecule has 1 aliphatic rings. The fourth-order valence-electron chi connectivity index (χ4n) is 4.08. The lowest BCUT2D eigenvalue weighted by Gasteiger charge is -2.24. The number of aromatic amines is 1. The molecular formula is C25H24N2O6. The summed E-state index contributed by atoms with van der Waals surface area (Å²) in [4.78, 5) is 41.2. The summed E-state index contributed by atoms with van der Waals surface area (Å²) in [6, 6.07) is 13.8. The van der Waals surface area contributed by atoms with E-state index in [1.165, 1.54) is 13.2 Å². The van der Waals surface area contributed by atoms with E-state index in [2.05, 4.69) is 10.3 Å². The van der Waals surface area contributed by atoms with E-state index in [4.69, 9.17) is 14.2 Å². The molecule has 1 aliphatic carbocycles. The molecule has 0 bridgehead atoms. The highest BCUT2D eigenvalue weighted by atomic mass is 16.5. The van der Waals surface area contributed by atoms with Crippen LogP contribution < -0.4 is 25.1 Å². The lowest BCUT2D eigenvalue weighted by molar-refractivity contribution is 0.0963. The number of hydrogen-bond acceptors (Lipinski definition) is 6. The number of carbonyl (C=O) groups is 2. The van der Waals surface area contributed by atoms with Crippen LogP contribution in [0.2, 0.25) is 0 Å². The zero-order valence-electron chi connectivity index (χ0n) is 18.6. The highest BCUT2D eigenvalue weighted by Gasteiger charge is 2.29. The molecule has 0 unspecified atom stereocenters. The number of aromatic nitrogens is 1. The topological polar surface area (TPSA) is 107 Å². The molecule has 1 atom stereocenters. The monoisotopic (exact) mass is 448 g/mol. The highest BCUT2D eigenvalue weighted by Crippen LogP contribution is 2.36. The Balaban J connectivity index is 1.62. The first-order valence-corrected chi connectivity index (χ1v) is 10.4. The minimum absolute atomic E-state index is 0.127. The molecule has 0 saturated carbocycles. The quantitative estimate of drug-likeness (QED) is 0.597. The number of ketones is 1. The number of Topliss-reactive ketones (excluding diaryl/α,β-unsaturated/α-hetero) is 1. The zero-order chi connectivity index (χ0) is 23.5. The molecule has 1 heterocycles.